The second-order valence-corrected chi connectivity index (χ2v) is 14.3. The van der Waals surface area contributed by atoms with Gasteiger partial charge >= 0.3 is 0 Å². The number of fused-ring (bicyclic) bond motifs is 2. The van der Waals surface area contributed by atoms with E-state index in [9.17, 15) is 0 Å². The molecule has 0 aliphatic heterocycles. The summed E-state index contributed by atoms with van der Waals surface area (Å²) in [4.78, 5) is 4.96. The molecule has 3 heteroatoms. The summed E-state index contributed by atoms with van der Waals surface area (Å²) in [6, 6.07) is 52.6. The SMILES string of the molecule is O=P(c1ccc2ccccc2c1)(c1ccc2ccccc2c1)c1ccc(-c2cc3ccc4cccc5ccc(c2)c3c45)cn1. The topological polar surface area (TPSA) is 30.0 Å². The van der Waals surface area contributed by atoms with E-state index >= 15 is 4.57 Å². The van der Waals surface area contributed by atoms with Crippen LogP contribution in [0.5, 0.6) is 0 Å². The third-order valence-corrected chi connectivity index (χ3v) is 12.0. The summed E-state index contributed by atoms with van der Waals surface area (Å²) in [6.07, 6.45) is 1.89. The fourth-order valence-electron chi connectivity index (χ4n) is 6.82. The molecule has 0 bridgehead atoms. The lowest BCUT2D eigenvalue weighted by atomic mass is 9.92. The van der Waals surface area contributed by atoms with Crippen LogP contribution in [0.4, 0.5) is 0 Å². The molecule has 0 fully saturated rings. The first-order valence-corrected chi connectivity index (χ1v) is 16.6. The number of benzene rings is 8. The first-order valence-electron chi connectivity index (χ1n) is 14.9. The van der Waals surface area contributed by atoms with Crippen LogP contribution < -0.4 is 16.0 Å². The molecule has 0 amide bonds. The van der Waals surface area contributed by atoms with Gasteiger partial charge < -0.3 is 4.57 Å². The van der Waals surface area contributed by atoms with Crippen molar-refractivity contribution in [1.29, 1.82) is 0 Å². The normalized spacial score (nSPS) is 12.2. The predicted molar refractivity (Wildman–Crippen MR) is 188 cm³/mol. The van der Waals surface area contributed by atoms with Crippen molar-refractivity contribution in [3.05, 3.63) is 158 Å². The van der Waals surface area contributed by atoms with Crippen molar-refractivity contribution in [3.63, 3.8) is 0 Å². The lowest BCUT2D eigenvalue weighted by Crippen LogP contribution is -2.27. The van der Waals surface area contributed by atoms with Gasteiger partial charge in [-0.05, 0) is 89.8 Å². The van der Waals surface area contributed by atoms with Crippen molar-refractivity contribution >= 4 is 77.0 Å². The number of rotatable bonds is 4. The molecule has 9 rings (SSSR count). The van der Waals surface area contributed by atoms with E-state index in [2.05, 4.69) is 109 Å². The van der Waals surface area contributed by atoms with E-state index in [4.69, 9.17) is 4.98 Å². The Bertz CT molecular complexity index is 2440. The van der Waals surface area contributed by atoms with Crippen LogP contribution in [0.1, 0.15) is 0 Å². The van der Waals surface area contributed by atoms with E-state index in [0.29, 0.717) is 5.44 Å². The molecule has 0 saturated carbocycles. The number of hydrogen-bond acceptors (Lipinski definition) is 2. The van der Waals surface area contributed by atoms with Gasteiger partial charge in [0.25, 0.3) is 0 Å². The van der Waals surface area contributed by atoms with Crippen molar-refractivity contribution in [2.24, 2.45) is 0 Å². The zero-order chi connectivity index (χ0) is 29.3. The lowest BCUT2D eigenvalue weighted by molar-refractivity contribution is 0.592. The van der Waals surface area contributed by atoms with Crippen LogP contribution >= 0.6 is 7.14 Å². The third-order valence-electron chi connectivity index (χ3n) is 9.06. The van der Waals surface area contributed by atoms with E-state index in [1.165, 1.54) is 32.3 Å². The van der Waals surface area contributed by atoms with E-state index in [0.717, 1.165) is 43.3 Å². The molecule has 0 aliphatic carbocycles. The third kappa shape index (κ3) is 3.82. The first kappa shape index (κ1) is 25.2. The summed E-state index contributed by atoms with van der Waals surface area (Å²) in [5.74, 6) is 0. The Morgan fingerprint density at radius 3 is 1.41 bits per heavy atom. The molecule has 0 N–H and O–H groups in total. The van der Waals surface area contributed by atoms with Crippen LogP contribution in [0.15, 0.2) is 158 Å². The fourth-order valence-corrected chi connectivity index (χ4v) is 9.36. The highest BCUT2D eigenvalue weighted by atomic mass is 31.2. The van der Waals surface area contributed by atoms with Gasteiger partial charge in [0.05, 0.1) is 0 Å². The molecule has 8 aromatic carbocycles. The Kier molecular flexibility index (Phi) is 5.51. The van der Waals surface area contributed by atoms with Gasteiger partial charge in [0.15, 0.2) is 7.14 Å². The van der Waals surface area contributed by atoms with Gasteiger partial charge in [-0.1, -0.05) is 121 Å². The maximum atomic E-state index is 15.5. The number of pyridine rings is 1. The second-order valence-electron chi connectivity index (χ2n) is 11.6. The van der Waals surface area contributed by atoms with Gasteiger partial charge in [0.1, 0.15) is 5.44 Å². The molecule has 0 spiro atoms. The Labute approximate surface area is 254 Å². The molecule has 0 radical (unpaired) electrons. The van der Waals surface area contributed by atoms with Crippen LogP contribution in [0, 0.1) is 0 Å². The van der Waals surface area contributed by atoms with Crippen molar-refractivity contribution in [2.45, 2.75) is 0 Å². The maximum Gasteiger partial charge on any atom is 0.188 e. The van der Waals surface area contributed by atoms with E-state index in [-0.39, 0.29) is 0 Å². The summed E-state index contributed by atoms with van der Waals surface area (Å²) in [7, 11) is -3.29. The molecule has 206 valence electrons. The standard InChI is InChI=1S/C41H26NOP/c43-44(37-19-16-27-6-1-3-8-31(27)24-37,38-20-17-28-7-2-4-9-32(28)25-38)39-21-18-35(26-42-39)36-22-33-14-12-29-10-5-11-30-13-15-34(23-36)41(33)40(29)30/h1-26H. The summed E-state index contributed by atoms with van der Waals surface area (Å²) >= 11 is 0. The highest BCUT2D eigenvalue weighted by Crippen LogP contribution is 2.44. The Hall–Kier alpha value is -5.30. The zero-order valence-electron chi connectivity index (χ0n) is 23.8. The lowest BCUT2D eigenvalue weighted by Gasteiger charge is -2.20. The van der Waals surface area contributed by atoms with Crippen LogP contribution in [0.2, 0.25) is 0 Å². The van der Waals surface area contributed by atoms with Crippen LogP contribution in [0.25, 0.3) is 65.0 Å². The van der Waals surface area contributed by atoms with Crippen molar-refractivity contribution < 1.29 is 4.57 Å². The summed E-state index contributed by atoms with van der Waals surface area (Å²) in [6.45, 7) is 0. The highest BCUT2D eigenvalue weighted by molar-refractivity contribution is 7.85. The molecule has 1 aromatic heterocycles. The van der Waals surface area contributed by atoms with Crippen LogP contribution in [-0.4, -0.2) is 4.98 Å². The summed E-state index contributed by atoms with van der Waals surface area (Å²) < 4.78 is 15.5. The largest absolute Gasteiger partial charge is 0.307 e. The van der Waals surface area contributed by atoms with Crippen molar-refractivity contribution in [3.8, 4) is 11.1 Å². The summed E-state index contributed by atoms with van der Waals surface area (Å²) in [5, 5.41) is 13.5. The van der Waals surface area contributed by atoms with Gasteiger partial charge in [-0.15, -0.1) is 0 Å². The Morgan fingerprint density at radius 2 is 0.864 bits per heavy atom. The first-order chi connectivity index (χ1) is 21.6. The molecule has 0 unspecified atom stereocenters. The maximum absolute atomic E-state index is 15.5. The molecule has 44 heavy (non-hydrogen) atoms. The number of hydrogen-bond donors (Lipinski definition) is 0. The molecule has 1 heterocycles. The molecular weight excluding hydrogens is 553 g/mol. The fraction of sp³-hybridized carbons (Fsp3) is 0. The molecule has 0 atom stereocenters. The monoisotopic (exact) mass is 579 g/mol. The van der Waals surface area contributed by atoms with E-state index < -0.39 is 7.14 Å². The second kappa shape index (κ2) is 9.61. The average molecular weight is 580 g/mol. The minimum absolute atomic E-state index is 0.587. The molecule has 2 nitrogen and oxygen atoms in total. The quantitative estimate of drug-likeness (QED) is 0.154. The zero-order valence-corrected chi connectivity index (χ0v) is 24.7. The van der Waals surface area contributed by atoms with Gasteiger partial charge in [-0.25, -0.2) is 0 Å². The van der Waals surface area contributed by atoms with Crippen molar-refractivity contribution in [2.75, 3.05) is 0 Å². The number of nitrogens with zero attached hydrogens (tertiary/aromatic N) is 1. The van der Waals surface area contributed by atoms with Gasteiger partial charge in [-0.2, -0.15) is 0 Å². The van der Waals surface area contributed by atoms with Crippen LogP contribution in [0.3, 0.4) is 0 Å². The number of aromatic nitrogens is 1. The minimum Gasteiger partial charge on any atom is -0.307 e. The van der Waals surface area contributed by atoms with Crippen molar-refractivity contribution in [1.82, 2.24) is 4.98 Å². The smallest absolute Gasteiger partial charge is 0.188 e. The summed E-state index contributed by atoms with van der Waals surface area (Å²) in [5.41, 5.74) is 2.69. The molecular formula is C41H26NOP. The van der Waals surface area contributed by atoms with Gasteiger partial charge in [0, 0.05) is 22.4 Å². The highest BCUT2D eigenvalue weighted by Gasteiger charge is 2.32. The van der Waals surface area contributed by atoms with E-state index in [1.807, 2.05) is 48.7 Å². The Balaban J connectivity index is 1.21. The van der Waals surface area contributed by atoms with Gasteiger partial charge in [0.2, 0.25) is 0 Å². The van der Waals surface area contributed by atoms with E-state index in [1.54, 1.807) is 0 Å². The predicted octanol–water partition coefficient (Wildman–Crippen LogP) is 9.59. The molecule has 9 aromatic rings. The van der Waals surface area contributed by atoms with Crippen LogP contribution in [-0.2, 0) is 4.57 Å². The Morgan fingerprint density at radius 1 is 0.386 bits per heavy atom. The molecule has 0 saturated heterocycles. The minimum atomic E-state index is -3.29. The average Bonchev–Trinajstić information content (AvgIpc) is 3.09. The molecule has 0 aliphatic rings. The van der Waals surface area contributed by atoms with Gasteiger partial charge in [-0.3, -0.25) is 4.98 Å².